The van der Waals surface area contributed by atoms with E-state index in [0.29, 0.717) is 11.8 Å². The molecule has 1 fully saturated rings. The molecule has 0 unspecified atom stereocenters. The molecule has 0 atom stereocenters. The molecule has 0 bridgehead atoms. The van der Waals surface area contributed by atoms with Gasteiger partial charge in [0.2, 0.25) is 0 Å². The predicted molar refractivity (Wildman–Crippen MR) is 77.6 cm³/mol. The average Bonchev–Trinajstić information content (AvgIpc) is 2.47. The van der Waals surface area contributed by atoms with Crippen LogP contribution in [0.4, 0.5) is 0 Å². The zero-order valence-electron chi connectivity index (χ0n) is 12.0. The fourth-order valence-corrected chi connectivity index (χ4v) is 2.63. The van der Waals surface area contributed by atoms with Crippen molar-refractivity contribution in [2.45, 2.75) is 51.7 Å². The molecule has 0 aromatic heterocycles. The van der Waals surface area contributed by atoms with Gasteiger partial charge in [-0.25, -0.2) is 0 Å². The number of carbonyl (C=O) groups excluding carboxylic acids is 1. The van der Waals surface area contributed by atoms with Gasteiger partial charge in [-0.05, 0) is 25.8 Å². The molecule has 1 aliphatic rings. The summed E-state index contributed by atoms with van der Waals surface area (Å²) in [5.74, 6) is 0.498. The van der Waals surface area contributed by atoms with Crippen molar-refractivity contribution in [1.82, 2.24) is 5.32 Å². The summed E-state index contributed by atoms with van der Waals surface area (Å²) in [6.07, 6.45) is 5.79. The molecule has 4 heteroatoms. The number of amides is 1. The van der Waals surface area contributed by atoms with E-state index in [1.54, 1.807) is 6.07 Å². The Balaban J connectivity index is 1.83. The third-order valence-electron chi connectivity index (χ3n) is 3.72. The zero-order chi connectivity index (χ0) is 14.4. The predicted octanol–water partition coefficient (Wildman–Crippen LogP) is 2.32. The summed E-state index contributed by atoms with van der Waals surface area (Å²) in [7, 11) is 0. The summed E-state index contributed by atoms with van der Waals surface area (Å²) < 4.78 is 5.51. The van der Waals surface area contributed by atoms with Crippen molar-refractivity contribution in [3.8, 4) is 5.75 Å². The third kappa shape index (κ3) is 4.23. The van der Waals surface area contributed by atoms with Crippen LogP contribution in [0, 0.1) is 6.92 Å². The minimum Gasteiger partial charge on any atom is -0.483 e. The highest BCUT2D eigenvalue weighted by molar-refractivity contribution is 5.77. The molecule has 0 heterocycles. The lowest BCUT2D eigenvalue weighted by atomic mass is 9.95. The van der Waals surface area contributed by atoms with Crippen molar-refractivity contribution in [3.63, 3.8) is 0 Å². The van der Waals surface area contributed by atoms with Gasteiger partial charge in [-0.2, -0.15) is 0 Å². The number of hydrogen-bond donors (Lipinski definition) is 2. The lowest BCUT2D eigenvalue weighted by molar-refractivity contribution is -0.124. The van der Waals surface area contributed by atoms with Gasteiger partial charge in [-0.3, -0.25) is 4.79 Å². The lowest BCUT2D eigenvalue weighted by Crippen LogP contribution is -2.39. The largest absolute Gasteiger partial charge is 0.483 e. The number of aryl methyl sites for hydroxylation is 1. The van der Waals surface area contributed by atoms with Crippen LogP contribution in [-0.2, 0) is 11.4 Å². The Labute approximate surface area is 120 Å². The second kappa shape index (κ2) is 7.29. The second-order valence-electron chi connectivity index (χ2n) is 5.46. The molecule has 0 aliphatic heterocycles. The van der Waals surface area contributed by atoms with Crippen LogP contribution in [0.3, 0.4) is 0 Å². The van der Waals surface area contributed by atoms with E-state index < -0.39 is 0 Å². The summed E-state index contributed by atoms with van der Waals surface area (Å²) in [6, 6.07) is 5.88. The standard InChI is InChI=1S/C16H23NO3/c1-12-7-8-15(13(9-12)10-18)20-11-16(19)17-14-5-3-2-4-6-14/h7-9,14,18H,2-6,10-11H2,1H3,(H,17,19). The Morgan fingerprint density at radius 2 is 2.10 bits per heavy atom. The zero-order valence-corrected chi connectivity index (χ0v) is 12.0. The van der Waals surface area contributed by atoms with Crippen LogP contribution in [-0.4, -0.2) is 23.7 Å². The average molecular weight is 277 g/mol. The molecule has 2 rings (SSSR count). The molecule has 20 heavy (non-hydrogen) atoms. The molecule has 1 aliphatic carbocycles. The molecule has 0 saturated heterocycles. The van der Waals surface area contributed by atoms with Gasteiger partial charge in [-0.1, -0.05) is 37.0 Å². The summed E-state index contributed by atoms with van der Waals surface area (Å²) in [5, 5.41) is 12.3. The van der Waals surface area contributed by atoms with Gasteiger partial charge in [0.1, 0.15) is 5.75 Å². The van der Waals surface area contributed by atoms with Crippen LogP contribution < -0.4 is 10.1 Å². The van der Waals surface area contributed by atoms with E-state index in [1.165, 1.54) is 19.3 Å². The Morgan fingerprint density at radius 1 is 1.35 bits per heavy atom. The van der Waals surface area contributed by atoms with Crippen molar-refractivity contribution in [2.75, 3.05) is 6.61 Å². The van der Waals surface area contributed by atoms with Gasteiger partial charge in [0, 0.05) is 11.6 Å². The maximum Gasteiger partial charge on any atom is 0.258 e. The first-order valence-corrected chi connectivity index (χ1v) is 7.31. The van der Waals surface area contributed by atoms with E-state index >= 15 is 0 Å². The first-order valence-electron chi connectivity index (χ1n) is 7.31. The van der Waals surface area contributed by atoms with Gasteiger partial charge >= 0.3 is 0 Å². The van der Waals surface area contributed by atoms with Gasteiger partial charge < -0.3 is 15.2 Å². The maximum atomic E-state index is 11.9. The van der Waals surface area contributed by atoms with Gasteiger partial charge in [0.15, 0.2) is 6.61 Å². The van der Waals surface area contributed by atoms with Crippen LogP contribution >= 0.6 is 0 Å². The van der Waals surface area contributed by atoms with Crippen molar-refractivity contribution in [3.05, 3.63) is 29.3 Å². The number of ether oxygens (including phenoxy) is 1. The van der Waals surface area contributed by atoms with Crippen LogP contribution in [0.2, 0.25) is 0 Å². The second-order valence-corrected chi connectivity index (χ2v) is 5.46. The number of aliphatic hydroxyl groups excluding tert-OH is 1. The molecule has 1 saturated carbocycles. The Kier molecular flexibility index (Phi) is 5.41. The molecule has 1 aromatic carbocycles. The summed E-state index contributed by atoms with van der Waals surface area (Å²) in [4.78, 5) is 11.9. The van der Waals surface area contributed by atoms with E-state index in [4.69, 9.17) is 4.74 Å². The molecule has 1 amide bonds. The van der Waals surface area contributed by atoms with Crippen molar-refractivity contribution in [1.29, 1.82) is 0 Å². The molecular formula is C16H23NO3. The SMILES string of the molecule is Cc1ccc(OCC(=O)NC2CCCCC2)c(CO)c1. The minimum absolute atomic E-state index is 0.00651. The molecule has 2 N–H and O–H groups in total. The minimum atomic E-state index is -0.0821. The normalized spacial score (nSPS) is 15.9. The van der Waals surface area contributed by atoms with Gasteiger partial charge in [-0.15, -0.1) is 0 Å². The van der Waals surface area contributed by atoms with E-state index in [2.05, 4.69) is 5.32 Å². The fourth-order valence-electron chi connectivity index (χ4n) is 2.63. The Morgan fingerprint density at radius 3 is 2.80 bits per heavy atom. The first kappa shape index (κ1) is 14.9. The Hall–Kier alpha value is -1.55. The highest BCUT2D eigenvalue weighted by atomic mass is 16.5. The molecule has 4 nitrogen and oxygen atoms in total. The van der Waals surface area contributed by atoms with Crippen LogP contribution in [0.5, 0.6) is 5.75 Å². The number of benzene rings is 1. The summed E-state index contributed by atoms with van der Waals surface area (Å²) in [5.41, 5.74) is 1.78. The van der Waals surface area contributed by atoms with Crippen LogP contribution in [0.1, 0.15) is 43.2 Å². The summed E-state index contributed by atoms with van der Waals surface area (Å²) >= 11 is 0. The maximum absolute atomic E-state index is 11.9. The Bertz CT molecular complexity index is 453. The first-order chi connectivity index (χ1) is 9.69. The quantitative estimate of drug-likeness (QED) is 0.868. The molecule has 0 radical (unpaired) electrons. The highest BCUT2D eigenvalue weighted by Gasteiger charge is 2.16. The molecule has 1 aromatic rings. The number of carbonyl (C=O) groups is 1. The highest BCUT2D eigenvalue weighted by Crippen LogP contribution is 2.20. The molecule has 0 spiro atoms. The topological polar surface area (TPSA) is 58.6 Å². The van der Waals surface area contributed by atoms with E-state index in [-0.39, 0.29) is 19.1 Å². The number of nitrogens with one attached hydrogen (secondary N) is 1. The van der Waals surface area contributed by atoms with Gasteiger partial charge in [0.25, 0.3) is 5.91 Å². The molecular weight excluding hydrogens is 254 g/mol. The van der Waals surface area contributed by atoms with Crippen molar-refractivity contribution >= 4 is 5.91 Å². The van der Waals surface area contributed by atoms with Crippen molar-refractivity contribution < 1.29 is 14.6 Å². The number of aliphatic hydroxyl groups is 1. The lowest BCUT2D eigenvalue weighted by Gasteiger charge is -2.22. The summed E-state index contributed by atoms with van der Waals surface area (Å²) in [6.45, 7) is 1.88. The third-order valence-corrected chi connectivity index (χ3v) is 3.72. The van der Waals surface area contributed by atoms with E-state index in [0.717, 1.165) is 24.0 Å². The smallest absolute Gasteiger partial charge is 0.258 e. The monoisotopic (exact) mass is 277 g/mol. The van der Waals surface area contributed by atoms with Crippen molar-refractivity contribution in [2.24, 2.45) is 0 Å². The van der Waals surface area contributed by atoms with E-state index in [1.807, 2.05) is 19.1 Å². The van der Waals surface area contributed by atoms with E-state index in [9.17, 15) is 9.90 Å². The number of rotatable bonds is 5. The van der Waals surface area contributed by atoms with Gasteiger partial charge in [0.05, 0.1) is 6.61 Å². The fraction of sp³-hybridized carbons (Fsp3) is 0.562. The molecule has 110 valence electrons. The van der Waals surface area contributed by atoms with Crippen LogP contribution in [0.25, 0.3) is 0 Å². The van der Waals surface area contributed by atoms with Crippen LogP contribution in [0.15, 0.2) is 18.2 Å². The number of hydrogen-bond acceptors (Lipinski definition) is 3.